The molecule has 2 fully saturated rings. The molecule has 2 amide bonds. The van der Waals surface area contributed by atoms with Crippen molar-refractivity contribution in [3.05, 3.63) is 75.9 Å². The van der Waals surface area contributed by atoms with Crippen molar-refractivity contribution in [3.63, 3.8) is 0 Å². The number of imide groups is 1. The summed E-state index contributed by atoms with van der Waals surface area (Å²) in [5, 5.41) is 16.5. The predicted octanol–water partition coefficient (Wildman–Crippen LogP) is 2.96. The Morgan fingerprint density at radius 3 is 2.32 bits per heavy atom. The van der Waals surface area contributed by atoms with E-state index < -0.39 is 28.4 Å². The van der Waals surface area contributed by atoms with E-state index in [0.29, 0.717) is 5.75 Å². The molecule has 4 atom stereocenters. The average Bonchev–Trinajstić information content (AvgIpc) is 3.52. The highest BCUT2D eigenvalue weighted by Crippen LogP contribution is 2.52. The summed E-state index contributed by atoms with van der Waals surface area (Å²) < 4.78 is 10.4. The van der Waals surface area contributed by atoms with Crippen molar-refractivity contribution in [2.75, 3.05) is 7.11 Å². The van der Waals surface area contributed by atoms with Gasteiger partial charge in [-0.15, -0.1) is 0 Å². The van der Waals surface area contributed by atoms with Gasteiger partial charge < -0.3 is 9.47 Å². The van der Waals surface area contributed by atoms with E-state index in [0.717, 1.165) is 17.6 Å². The second kappa shape index (κ2) is 8.22. The predicted molar refractivity (Wildman–Crippen MR) is 118 cm³/mol. The van der Waals surface area contributed by atoms with Gasteiger partial charge in [0.15, 0.2) is 0 Å². The van der Waals surface area contributed by atoms with Crippen molar-refractivity contribution in [2.45, 2.75) is 6.42 Å². The number of nitro groups is 1. The number of esters is 1. The van der Waals surface area contributed by atoms with Gasteiger partial charge in [-0.3, -0.25) is 19.7 Å². The van der Waals surface area contributed by atoms with Gasteiger partial charge in [0.1, 0.15) is 5.75 Å². The Morgan fingerprint density at radius 1 is 1.09 bits per heavy atom. The number of hydrogen-bond acceptors (Lipinski definition) is 8. The summed E-state index contributed by atoms with van der Waals surface area (Å²) in [6.45, 7) is 0. The molecular formula is C24H19N3O7. The lowest BCUT2D eigenvalue weighted by Crippen LogP contribution is -2.28. The summed E-state index contributed by atoms with van der Waals surface area (Å²) in [6.07, 6.45) is 5.87. The molecule has 172 valence electrons. The number of carbonyl (C=O) groups excluding carboxylic acids is 3. The van der Waals surface area contributed by atoms with Crippen LogP contribution >= 0.6 is 0 Å². The van der Waals surface area contributed by atoms with E-state index in [1.165, 1.54) is 37.4 Å². The third-order valence-corrected chi connectivity index (χ3v) is 6.50. The van der Waals surface area contributed by atoms with Crippen LogP contribution in [0, 0.1) is 33.8 Å². The molecule has 10 nitrogen and oxygen atoms in total. The third kappa shape index (κ3) is 3.43. The van der Waals surface area contributed by atoms with Crippen LogP contribution in [-0.2, 0) is 9.59 Å². The van der Waals surface area contributed by atoms with E-state index in [1.807, 2.05) is 12.2 Å². The average molecular weight is 461 g/mol. The Morgan fingerprint density at radius 2 is 1.74 bits per heavy atom. The Bertz CT molecular complexity index is 1240. The molecule has 1 saturated heterocycles. The molecule has 1 aliphatic heterocycles. The molecule has 1 saturated carbocycles. The summed E-state index contributed by atoms with van der Waals surface area (Å²) in [6, 6.07) is 10.1. The first-order valence-corrected chi connectivity index (χ1v) is 10.6. The molecule has 3 aliphatic rings. The maximum Gasteiger partial charge on any atom is 0.343 e. The smallest absolute Gasteiger partial charge is 0.343 e. The van der Waals surface area contributed by atoms with Crippen molar-refractivity contribution in [3.8, 4) is 11.5 Å². The Balaban J connectivity index is 1.43. The number of nitro benzene ring substituents is 1. The van der Waals surface area contributed by atoms with Gasteiger partial charge in [0.05, 0.1) is 35.6 Å². The number of ether oxygens (including phenoxy) is 2. The van der Waals surface area contributed by atoms with Crippen LogP contribution in [0.15, 0.2) is 59.7 Å². The number of rotatable bonds is 6. The first kappa shape index (κ1) is 21.5. The number of hydrogen-bond donors (Lipinski definition) is 0. The first-order chi connectivity index (χ1) is 16.4. The summed E-state index contributed by atoms with van der Waals surface area (Å²) in [5.74, 6) is -2.17. The second-order valence-corrected chi connectivity index (χ2v) is 8.30. The maximum absolute atomic E-state index is 12.8. The number of fused-ring (bicyclic) bond motifs is 5. The zero-order valence-electron chi connectivity index (χ0n) is 18.0. The summed E-state index contributed by atoms with van der Waals surface area (Å²) >= 11 is 0. The molecule has 0 radical (unpaired) electrons. The number of carbonyl (C=O) groups is 3. The fraction of sp³-hybridized carbons (Fsp3) is 0.250. The minimum Gasteiger partial charge on any atom is -0.497 e. The first-order valence-electron chi connectivity index (χ1n) is 10.6. The van der Waals surface area contributed by atoms with Crippen LogP contribution in [0.4, 0.5) is 5.69 Å². The molecule has 0 N–H and O–H groups in total. The van der Waals surface area contributed by atoms with E-state index in [9.17, 15) is 24.5 Å². The molecule has 0 unspecified atom stereocenters. The largest absolute Gasteiger partial charge is 0.497 e. The molecule has 2 bridgehead atoms. The number of hydrazone groups is 1. The lowest BCUT2D eigenvalue weighted by molar-refractivity contribution is -0.385. The topological polar surface area (TPSA) is 128 Å². The van der Waals surface area contributed by atoms with Gasteiger partial charge in [-0.05, 0) is 48.6 Å². The minimum absolute atomic E-state index is 0.0328. The molecule has 0 spiro atoms. The normalized spacial score (nSPS) is 24.7. The molecule has 10 heteroatoms. The summed E-state index contributed by atoms with van der Waals surface area (Å²) in [5.41, 5.74) is -0.221. The second-order valence-electron chi connectivity index (χ2n) is 8.30. The quantitative estimate of drug-likeness (QED) is 0.123. The van der Waals surface area contributed by atoms with Crippen molar-refractivity contribution >= 4 is 29.7 Å². The van der Waals surface area contributed by atoms with Crippen molar-refractivity contribution in [2.24, 2.45) is 28.8 Å². The summed E-state index contributed by atoms with van der Waals surface area (Å²) in [4.78, 5) is 49.2. The van der Waals surface area contributed by atoms with Crippen molar-refractivity contribution < 1.29 is 28.8 Å². The molecular weight excluding hydrogens is 442 g/mol. The highest BCUT2D eigenvalue weighted by molar-refractivity contribution is 6.07. The molecule has 2 aromatic rings. The van der Waals surface area contributed by atoms with E-state index in [2.05, 4.69) is 5.10 Å². The van der Waals surface area contributed by atoms with Gasteiger partial charge >= 0.3 is 11.7 Å². The Labute approximate surface area is 193 Å². The molecule has 2 aromatic carbocycles. The maximum atomic E-state index is 12.8. The highest BCUT2D eigenvalue weighted by atomic mass is 16.6. The molecule has 2 aliphatic carbocycles. The Kier molecular flexibility index (Phi) is 5.20. The van der Waals surface area contributed by atoms with Crippen molar-refractivity contribution in [1.29, 1.82) is 0 Å². The lowest BCUT2D eigenvalue weighted by atomic mass is 9.85. The number of nitrogens with zero attached hydrogens (tertiary/aromatic N) is 3. The summed E-state index contributed by atoms with van der Waals surface area (Å²) in [7, 11) is 1.48. The van der Waals surface area contributed by atoms with Gasteiger partial charge in [-0.25, -0.2) is 4.79 Å². The standard InChI is InChI=1S/C24H19N3O7/c1-33-17-9-7-13(8-10-17)24(30)34-21-16(3-2-4-18(21)27(31)32)12-25-26-22(28)19-14-5-6-15(11-14)20(19)23(26)29/h2-10,12,14-15,19-20H,11H2,1H3/t14-,15-,19-,20+/m0/s1. The van der Waals surface area contributed by atoms with Gasteiger partial charge in [-0.2, -0.15) is 10.1 Å². The highest BCUT2D eigenvalue weighted by Gasteiger charge is 2.59. The van der Waals surface area contributed by atoms with E-state index >= 15 is 0 Å². The monoisotopic (exact) mass is 461 g/mol. The Hall–Kier alpha value is -4.34. The molecule has 1 heterocycles. The number of amides is 2. The van der Waals surface area contributed by atoms with Crippen LogP contribution in [0.1, 0.15) is 22.3 Å². The number of allylic oxidation sites excluding steroid dienone is 2. The number of benzene rings is 2. The van der Waals surface area contributed by atoms with Crippen LogP contribution < -0.4 is 9.47 Å². The van der Waals surface area contributed by atoms with Gasteiger partial charge in [-0.1, -0.05) is 18.2 Å². The zero-order chi connectivity index (χ0) is 24.0. The van der Waals surface area contributed by atoms with Gasteiger partial charge in [0.2, 0.25) is 5.75 Å². The van der Waals surface area contributed by atoms with Crippen LogP contribution in [-0.4, -0.2) is 41.0 Å². The minimum atomic E-state index is -0.822. The number of methoxy groups -OCH3 is 1. The molecule has 0 aromatic heterocycles. The van der Waals surface area contributed by atoms with Crippen molar-refractivity contribution in [1.82, 2.24) is 5.01 Å². The lowest BCUT2D eigenvalue weighted by Gasteiger charge is -2.13. The van der Waals surface area contributed by atoms with Gasteiger partial charge in [0.25, 0.3) is 11.8 Å². The van der Waals surface area contributed by atoms with Crippen LogP contribution in [0.5, 0.6) is 11.5 Å². The van der Waals surface area contributed by atoms with Crippen LogP contribution in [0.3, 0.4) is 0 Å². The van der Waals surface area contributed by atoms with Crippen LogP contribution in [0.2, 0.25) is 0 Å². The van der Waals surface area contributed by atoms with E-state index in [-0.39, 0.29) is 40.5 Å². The fourth-order valence-electron chi connectivity index (χ4n) is 4.90. The fourth-order valence-corrected chi connectivity index (χ4v) is 4.90. The number of para-hydroxylation sites is 1. The molecule has 5 rings (SSSR count). The zero-order valence-corrected chi connectivity index (χ0v) is 18.0. The third-order valence-electron chi connectivity index (χ3n) is 6.50. The van der Waals surface area contributed by atoms with E-state index in [1.54, 1.807) is 12.1 Å². The van der Waals surface area contributed by atoms with E-state index in [4.69, 9.17) is 9.47 Å². The molecule has 34 heavy (non-hydrogen) atoms. The van der Waals surface area contributed by atoms with Gasteiger partial charge in [0, 0.05) is 11.6 Å². The van der Waals surface area contributed by atoms with Crippen LogP contribution in [0.25, 0.3) is 0 Å². The SMILES string of the molecule is COc1ccc(C(=O)Oc2c(C=NN3C(=O)[C@@H]4[C@H](C3=O)[C@H]3C=C[C@H]4C3)cccc2[N+](=O)[O-])cc1.